The van der Waals surface area contributed by atoms with Crippen LogP contribution in [0, 0.1) is 11.8 Å². The number of thiophene rings is 1. The molecular formula is C61H47NOS. The topological polar surface area (TPSA) is 12.5 Å². The Hall–Kier alpha value is -6.94. The molecule has 1 aliphatic heterocycles. The summed E-state index contributed by atoms with van der Waals surface area (Å²) in [5, 5.41) is 2.64. The van der Waals surface area contributed by atoms with Gasteiger partial charge in [-0.2, -0.15) is 0 Å². The second-order valence-corrected chi connectivity index (χ2v) is 19.1. The van der Waals surface area contributed by atoms with Crippen molar-refractivity contribution in [2.24, 2.45) is 11.8 Å². The third kappa shape index (κ3) is 5.70. The second-order valence-electron chi connectivity index (χ2n) is 18.0. The normalized spacial score (nSPS) is 23.5. The first-order valence-electron chi connectivity index (χ1n) is 23.0. The van der Waals surface area contributed by atoms with E-state index in [1.165, 1.54) is 70.3 Å². The Morgan fingerprint density at radius 3 is 2.05 bits per heavy atom. The Labute approximate surface area is 379 Å². The van der Waals surface area contributed by atoms with Gasteiger partial charge in [0.2, 0.25) is 0 Å². The van der Waals surface area contributed by atoms with E-state index in [1.807, 2.05) is 11.3 Å². The highest BCUT2D eigenvalue weighted by Crippen LogP contribution is 2.64. The van der Waals surface area contributed by atoms with Crippen LogP contribution in [0.5, 0.6) is 5.75 Å². The fourth-order valence-corrected chi connectivity index (χ4v) is 13.2. The summed E-state index contributed by atoms with van der Waals surface area (Å²) in [6.45, 7) is 0. The summed E-state index contributed by atoms with van der Waals surface area (Å²) < 4.78 is 10.2. The molecule has 7 aromatic rings. The third-order valence-corrected chi connectivity index (χ3v) is 16.1. The van der Waals surface area contributed by atoms with E-state index in [0.717, 1.165) is 48.5 Å². The molecule has 0 saturated carbocycles. The summed E-state index contributed by atoms with van der Waals surface area (Å²) in [5.41, 5.74) is 15.1. The molecule has 0 bridgehead atoms. The average molecular weight is 842 g/mol. The zero-order valence-corrected chi connectivity index (χ0v) is 36.4. The highest BCUT2D eigenvalue weighted by molar-refractivity contribution is 7.26. The molecule has 308 valence electrons. The monoisotopic (exact) mass is 841 g/mol. The number of hydrogen-bond acceptors (Lipinski definition) is 3. The highest BCUT2D eigenvalue weighted by Gasteiger charge is 2.56. The highest BCUT2D eigenvalue weighted by atomic mass is 32.1. The van der Waals surface area contributed by atoms with Gasteiger partial charge < -0.3 is 9.64 Å². The molecule has 2 nitrogen and oxygen atoms in total. The van der Waals surface area contributed by atoms with Crippen LogP contribution in [0.25, 0.3) is 42.4 Å². The van der Waals surface area contributed by atoms with Crippen molar-refractivity contribution in [2.45, 2.75) is 43.1 Å². The van der Waals surface area contributed by atoms with Crippen LogP contribution in [0.3, 0.4) is 0 Å². The molecule has 0 spiro atoms. The fraction of sp³-hybridized carbons (Fsp3) is 0.148. The molecule has 0 fully saturated rings. The van der Waals surface area contributed by atoms with Crippen molar-refractivity contribution < 1.29 is 4.74 Å². The van der Waals surface area contributed by atoms with Crippen molar-refractivity contribution in [3.05, 3.63) is 240 Å². The van der Waals surface area contributed by atoms with E-state index in [2.05, 4.69) is 217 Å². The third-order valence-electron chi connectivity index (χ3n) is 14.8. The first kappa shape index (κ1) is 37.6. The van der Waals surface area contributed by atoms with Gasteiger partial charge in [-0.1, -0.05) is 176 Å². The molecular weight excluding hydrogens is 795 g/mol. The minimum absolute atomic E-state index is 0.0980. The summed E-state index contributed by atoms with van der Waals surface area (Å²) in [4.78, 5) is 2.42. The van der Waals surface area contributed by atoms with E-state index >= 15 is 0 Å². The van der Waals surface area contributed by atoms with Gasteiger partial charge >= 0.3 is 0 Å². The van der Waals surface area contributed by atoms with Crippen LogP contribution in [-0.2, 0) is 5.41 Å². The van der Waals surface area contributed by atoms with Gasteiger partial charge in [0, 0.05) is 54.0 Å². The molecule has 4 unspecified atom stereocenters. The van der Waals surface area contributed by atoms with Crippen LogP contribution < -0.4 is 9.64 Å². The number of benzene rings is 6. The van der Waals surface area contributed by atoms with Crippen LogP contribution >= 0.6 is 11.3 Å². The summed E-state index contributed by atoms with van der Waals surface area (Å²) in [5.74, 6) is 1.73. The van der Waals surface area contributed by atoms with Gasteiger partial charge in [0.15, 0.2) is 0 Å². The van der Waals surface area contributed by atoms with E-state index in [1.54, 1.807) is 0 Å². The maximum absolute atomic E-state index is 7.56. The lowest BCUT2D eigenvalue weighted by molar-refractivity contribution is 0.270. The van der Waals surface area contributed by atoms with Gasteiger partial charge in [0.25, 0.3) is 0 Å². The lowest BCUT2D eigenvalue weighted by Gasteiger charge is -2.46. The largest absolute Gasteiger partial charge is 0.482 e. The van der Waals surface area contributed by atoms with Crippen LogP contribution in [0.1, 0.15) is 53.9 Å². The van der Waals surface area contributed by atoms with Crippen LogP contribution in [0.15, 0.2) is 218 Å². The van der Waals surface area contributed by atoms with Crippen LogP contribution in [0.2, 0.25) is 0 Å². The molecule has 2 heterocycles. The van der Waals surface area contributed by atoms with E-state index in [9.17, 15) is 0 Å². The van der Waals surface area contributed by atoms with Gasteiger partial charge in [-0.25, -0.2) is 0 Å². The maximum Gasteiger partial charge on any atom is 0.148 e. The molecule has 0 N–H and O–H groups in total. The number of ether oxygens (including phenoxy) is 1. The summed E-state index contributed by atoms with van der Waals surface area (Å²) in [6, 6.07) is 49.9. The second kappa shape index (κ2) is 15.1. The summed E-state index contributed by atoms with van der Waals surface area (Å²) in [6.07, 6.45) is 34.4. The number of rotatable bonds is 7. The van der Waals surface area contributed by atoms with Gasteiger partial charge in [-0.05, 0) is 113 Å². The smallest absolute Gasteiger partial charge is 0.148 e. The van der Waals surface area contributed by atoms with Crippen molar-refractivity contribution in [1.82, 2.24) is 0 Å². The van der Waals surface area contributed by atoms with Gasteiger partial charge in [0.05, 0.1) is 5.69 Å². The SMILES string of the molecule is C1=CCCC(c2ccc(N(c3ccc(-c4cccc5c4sc4ccccc45)cc3)c3cccc4c3OC3C5=C(C=CC43)C(C3C=CC=CC3)(C3C=CC=CC3)c3ccccc35)cc2)=C1. The number of hydrogen-bond donors (Lipinski definition) is 0. The van der Waals surface area contributed by atoms with Gasteiger partial charge in [0.1, 0.15) is 11.9 Å². The predicted octanol–water partition coefficient (Wildman–Crippen LogP) is 16.3. The molecule has 13 rings (SSSR count). The van der Waals surface area contributed by atoms with Crippen LogP contribution in [0.4, 0.5) is 17.1 Å². The number of nitrogens with zero attached hydrogens (tertiary/aromatic N) is 1. The Kier molecular flexibility index (Phi) is 8.88. The molecule has 64 heavy (non-hydrogen) atoms. The molecule has 1 aromatic heterocycles. The zero-order valence-electron chi connectivity index (χ0n) is 35.6. The Morgan fingerprint density at radius 1 is 0.594 bits per heavy atom. The fourth-order valence-electron chi connectivity index (χ4n) is 12.0. The minimum Gasteiger partial charge on any atom is -0.482 e. The van der Waals surface area contributed by atoms with Gasteiger partial charge in [-0.3, -0.25) is 0 Å². The first-order valence-corrected chi connectivity index (χ1v) is 23.8. The molecule has 5 aliphatic carbocycles. The van der Waals surface area contributed by atoms with Crippen molar-refractivity contribution >= 4 is 59.7 Å². The van der Waals surface area contributed by atoms with E-state index in [-0.39, 0.29) is 17.4 Å². The molecule has 0 amide bonds. The Balaban J connectivity index is 0.937. The zero-order chi connectivity index (χ0) is 42.2. The predicted molar refractivity (Wildman–Crippen MR) is 270 cm³/mol. The van der Waals surface area contributed by atoms with Crippen LogP contribution in [-0.4, -0.2) is 6.10 Å². The molecule has 6 aliphatic rings. The number of fused-ring (bicyclic) bond motifs is 9. The quantitative estimate of drug-likeness (QED) is 0.159. The lowest BCUT2D eigenvalue weighted by Crippen LogP contribution is -2.42. The van der Waals surface area contributed by atoms with E-state index in [0.29, 0.717) is 11.8 Å². The maximum atomic E-state index is 7.56. The molecule has 0 radical (unpaired) electrons. The minimum atomic E-state index is -0.198. The summed E-state index contributed by atoms with van der Waals surface area (Å²) >= 11 is 1.88. The van der Waals surface area contributed by atoms with Crippen molar-refractivity contribution in [2.75, 3.05) is 4.90 Å². The van der Waals surface area contributed by atoms with Gasteiger partial charge in [-0.15, -0.1) is 11.3 Å². The number of allylic oxidation sites excluding steroid dienone is 14. The molecule has 3 heteroatoms. The Bertz CT molecular complexity index is 3240. The van der Waals surface area contributed by atoms with Crippen molar-refractivity contribution in [3.8, 4) is 16.9 Å². The number of para-hydroxylation sites is 1. The number of anilines is 3. The Morgan fingerprint density at radius 2 is 1.30 bits per heavy atom. The van der Waals surface area contributed by atoms with Crippen molar-refractivity contribution in [1.29, 1.82) is 0 Å². The first-order chi connectivity index (χ1) is 31.8. The molecule has 6 aromatic carbocycles. The standard InChI is InChI=1S/C61H47NOS/c1-4-16-40(17-5-1)41-30-34-45(35-31-41)62(46-36-32-42(33-37-46)47-24-14-26-51-48-22-11-13-29-56(48)64-60(47)51)55-28-15-25-49-50-38-39-54-57(59(50)63-58(49)55)52-23-10-12-27-53(52)61(54,43-18-6-2-7-19-43)44-20-8-3-9-21-44/h1-4,6-16,18,20,22-39,43-44,50,59H,5,17,19,21H2. The van der Waals surface area contributed by atoms with Crippen molar-refractivity contribution in [3.63, 3.8) is 0 Å². The average Bonchev–Trinajstić information content (AvgIpc) is 4.04. The lowest BCUT2D eigenvalue weighted by atomic mass is 9.57. The summed E-state index contributed by atoms with van der Waals surface area (Å²) in [7, 11) is 0. The van der Waals surface area contributed by atoms with E-state index < -0.39 is 0 Å². The molecule has 4 atom stereocenters. The van der Waals surface area contributed by atoms with E-state index in [4.69, 9.17) is 4.74 Å². The molecule has 0 saturated heterocycles.